The molecule has 244 valence electrons. The number of amides is 5. The van der Waals surface area contributed by atoms with Crippen LogP contribution in [0.4, 0.5) is 5.69 Å². The highest BCUT2D eigenvalue weighted by molar-refractivity contribution is 6.00. The maximum atomic E-state index is 12.8. The number of carbonyl (C=O) groups excluding carboxylic acids is 7. The first kappa shape index (κ1) is 37.7. The normalized spacial score (nSPS) is 11.6. The van der Waals surface area contributed by atoms with E-state index >= 15 is 0 Å². The van der Waals surface area contributed by atoms with E-state index in [1.54, 1.807) is 41.5 Å². The molecule has 14 heteroatoms. The van der Waals surface area contributed by atoms with Gasteiger partial charge in [0, 0.05) is 35.6 Å². The van der Waals surface area contributed by atoms with Crippen molar-refractivity contribution in [1.29, 1.82) is 0 Å². The van der Waals surface area contributed by atoms with Crippen molar-refractivity contribution >= 4 is 47.0 Å². The summed E-state index contributed by atoms with van der Waals surface area (Å²) < 4.78 is 10.6. The number of anilines is 1. The van der Waals surface area contributed by atoms with Crippen LogP contribution in [0, 0.1) is 17.8 Å². The second-order valence-corrected chi connectivity index (χ2v) is 11.1. The van der Waals surface area contributed by atoms with E-state index in [0.717, 1.165) is 0 Å². The van der Waals surface area contributed by atoms with E-state index in [-0.39, 0.29) is 67.5 Å². The van der Waals surface area contributed by atoms with Gasteiger partial charge in [-0.05, 0) is 18.1 Å². The smallest absolute Gasteiger partial charge is 0.308 e. The molecule has 0 aromatic heterocycles. The Morgan fingerprint density at radius 2 is 1.48 bits per heavy atom. The van der Waals surface area contributed by atoms with Crippen LogP contribution in [0.25, 0.3) is 0 Å². The van der Waals surface area contributed by atoms with Crippen molar-refractivity contribution in [2.24, 2.45) is 23.5 Å². The number of esters is 1. The summed E-state index contributed by atoms with van der Waals surface area (Å²) >= 11 is 0. The van der Waals surface area contributed by atoms with E-state index in [1.807, 2.05) is 0 Å². The van der Waals surface area contributed by atoms with Crippen LogP contribution in [0.2, 0.25) is 0 Å². The Morgan fingerprint density at radius 1 is 0.818 bits per heavy atom. The minimum atomic E-state index is -0.911. The Hall–Kier alpha value is -4.33. The molecule has 0 saturated carbocycles. The summed E-state index contributed by atoms with van der Waals surface area (Å²) in [7, 11) is 0. The highest BCUT2D eigenvalue weighted by atomic mass is 16.5. The largest absolute Gasteiger partial charge is 0.461 e. The van der Waals surface area contributed by atoms with Crippen LogP contribution in [0.15, 0.2) is 18.2 Å². The molecule has 44 heavy (non-hydrogen) atoms. The van der Waals surface area contributed by atoms with Crippen LogP contribution in [0.3, 0.4) is 0 Å². The van der Waals surface area contributed by atoms with E-state index < -0.39 is 54.6 Å². The molecule has 6 N–H and O–H groups in total. The molecule has 1 aromatic rings. The van der Waals surface area contributed by atoms with Gasteiger partial charge in [-0.3, -0.25) is 33.6 Å². The lowest BCUT2D eigenvalue weighted by Crippen LogP contribution is -2.51. The van der Waals surface area contributed by atoms with E-state index in [2.05, 4.69) is 21.3 Å². The molecule has 5 amide bonds. The Kier molecular flexibility index (Phi) is 16.3. The zero-order valence-corrected chi connectivity index (χ0v) is 26.2. The number of Topliss-reactive ketones (excluding diaryl/α,β-unsaturated/α-hetero) is 1. The van der Waals surface area contributed by atoms with E-state index in [1.165, 1.54) is 18.2 Å². The van der Waals surface area contributed by atoms with E-state index in [0.29, 0.717) is 5.56 Å². The van der Waals surface area contributed by atoms with E-state index in [9.17, 15) is 33.6 Å². The lowest BCUT2D eigenvalue weighted by molar-refractivity contribution is -0.148. The van der Waals surface area contributed by atoms with Gasteiger partial charge < -0.3 is 36.5 Å². The van der Waals surface area contributed by atoms with Gasteiger partial charge in [0.15, 0.2) is 0 Å². The molecule has 14 nitrogen and oxygen atoms in total. The predicted molar refractivity (Wildman–Crippen MR) is 161 cm³/mol. The minimum Gasteiger partial charge on any atom is -0.461 e. The molecular formula is C30H45N5O9. The van der Waals surface area contributed by atoms with Crippen LogP contribution in [-0.4, -0.2) is 73.6 Å². The molecule has 0 radical (unpaired) electrons. The van der Waals surface area contributed by atoms with E-state index in [4.69, 9.17) is 15.2 Å². The molecule has 0 heterocycles. The average Bonchev–Trinajstić information content (AvgIpc) is 2.95. The fraction of sp³-hybridized carbons (Fsp3) is 0.567. The van der Waals surface area contributed by atoms with Crippen molar-refractivity contribution in [3.05, 3.63) is 29.3 Å². The van der Waals surface area contributed by atoms with Crippen molar-refractivity contribution in [1.82, 2.24) is 16.0 Å². The van der Waals surface area contributed by atoms with Crippen molar-refractivity contribution in [3.63, 3.8) is 0 Å². The first-order valence-corrected chi connectivity index (χ1v) is 14.5. The van der Waals surface area contributed by atoms with Crippen LogP contribution >= 0.6 is 0 Å². The third kappa shape index (κ3) is 14.2. The molecule has 0 saturated heterocycles. The maximum absolute atomic E-state index is 12.8. The third-order valence-electron chi connectivity index (χ3n) is 6.20. The molecule has 1 atom stereocenters. The van der Waals surface area contributed by atoms with Gasteiger partial charge in [-0.25, -0.2) is 0 Å². The van der Waals surface area contributed by atoms with Gasteiger partial charge in [-0.1, -0.05) is 47.6 Å². The molecule has 0 aliphatic rings. The van der Waals surface area contributed by atoms with Gasteiger partial charge in [0.1, 0.15) is 18.4 Å². The molecule has 0 fully saturated rings. The van der Waals surface area contributed by atoms with Gasteiger partial charge in [0.2, 0.25) is 23.6 Å². The quantitative estimate of drug-likeness (QED) is 0.109. The summed E-state index contributed by atoms with van der Waals surface area (Å²) in [6.07, 6.45) is 0.259. The third-order valence-corrected chi connectivity index (χ3v) is 6.20. The lowest BCUT2D eigenvalue weighted by atomic mass is 10.0. The summed E-state index contributed by atoms with van der Waals surface area (Å²) in [5.74, 6) is -4.18. The molecule has 0 bridgehead atoms. The number of benzene rings is 1. The van der Waals surface area contributed by atoms with Crippen molar-refractivity contribution in [3.8, 4) is 0 Å². The van der Waals surface area contributed by atoms with Crippen molar-refractivity contribution in [2.75, 3.05) is 31.6 Å². The number of carbonyl (C=O) groups is 7. The van der Waals surface area contributed by atoms with Crippen molar-refractivity contribution < 1.29 is 43.0 Å². The number of ketones is 1. The molecule has 1 rings (SSSR count). The van der Waals surface area contributed by atoms with Gasteiger partial charge in [0.25, 0.3) is 5.91 Å². The second kappa shape index (κ2) is 19.1. The van der Waals surface area contributed by atoms with Gasteiger partial charge in [-0.15, -0.1) is 0 Å². The van der Waals surface area contributed by atoms with Gasteiger partial charge in [0.05, 0.1) is 32.2 Å². The molecular weight excluding hydrogens is 574 g/mol. The lowest BCUT2D eigenvalue weighted by Gasteiger charge is -2.21. The number of primary amides is 1. The number of hydrogen-bond acceptors (Lipinski definition) is 9. The topological polar surface area (TPSA) is 212 Å². The van der Waals surface area contributed by atoms with Crippen LogP contribution in [-0.2, 0) is 44.8 Å². The zero-order valence-electron chi connectivity index (χ0n) is 26.2. The highest BCUT2D eigenvalue weighted by Gasteiger charge is 2.24. The number of rotatable bonds is 19. The predicted octanol–water partition coefficient (Wildman–Crippen LogP) is 0.818. The first-order chi connectivity index (χ1) is 20.6. The molecule has 0 aliphatic carbocycles. The number of nitrogens with one attached hydrogen (secondary N) is 4. The Balaban J connectivity index is 2.75. The van der Waals surface area contributed by atoms with Crippen LogP contribution in [0.5, 0.6) is 0 Å². The SMILES string of the molecule is CC(C)C(=O)CCOCCC(=O)NC(C(=O)NCC(=O)Nc1ccc(COC(=O)C(C)C)c(C(=O)NCC(N)=O)c1)C(C)C. The standard InChI is InChI=1S/C30H45N5O9/c1-17(2)23(36)9-11-43-12-10-25(38)35-27(18(3)4)29(41)33-15-26(39)34-21-8-7-20(16-44-30(42)19(5)6)22(13-21)28(40)32-14-24(31)37/h7-8,13,17-19,27H,9-12,14-16H2,1-6H3,(H2,31,37)(H,32,40)(H,33,41)(H,34,39)(H,35,38). The van der Waals surface area contributed by atoms with Gasteiger partial charge in [-0.2, -0.15) is 0 Å². The monoisotopic (exact) mass is 619 g/mol. The molecule has 1 aromatic carbocycles. The number of ether oxygens (including phenoxy) is 2. The Morgan fingerprint density at radius 3 is 2.07 bits per heavy atom. The maximum Gasteiger partial charge on any atom is 0.308 e. The van der Waals surface area contributed by atoms with Crippen LogP contribution < -0.4 is 27.0 Å². The summed E-state index contributed by atoms with van der Waals surface area (Å²) in [6.45, 7) is 9.64. The first-order valence-electron chi connectivity index (χ1n) is 14.5. The summed E-state index contributed by atoms with van der Waals surface area (Å²) in [5.41, 5.74) is 5.68. The van der Waals surface area contributed by atoms with Gasteiger partial charge >= 0.3 is 5.97 Å². The second-order valence-electron chi connectivity index (χ2n) is 11.1. The highest BCUT2D eigenvalue weighted by Crippen LogP contribution is 2.18. The molecule has 0 aliphatic heterocycles. The minimum absolute atomic E-state index is 0.00509. The zero-order chi connectivity index (χ0) is 33.4. The molecule has 0 spiro atoms. The summed E-state index contributed by atoms with van der Waals surface area (Å²) in [5, 5.41) is 10.1. The summed E-state index contributed by atoms with van der Waals surface area (Å²) in [4.78, 5) is 85.1. The average molecular weight is 620 g/mol. The summed E-state index contributed by atoms with van der Waals surface area (Å²) in [6, 6.07) is 3.40. The Bertz CT molecular complexity index is 1200. The number of hydrogen-bond donors (Lipinski definition) is 5. The number of nitrogens with two attached hydrogens (primary N) is 1. The van der Waals surface area contributed by atoms with Crippen LogP contribution in [0.1, 0.15) is 70.3 Å². The molecule has 1 unspecified atom stereocenters. The fourth-order valence-electron chi connectivity index (χ4n) is 3.56. The van der Waals surface area contributed by atoms with Crippen molar-refractivity contribution in [2.45, 2.75) is 67.0 Å². The fourth-order valence-corrected chi connectivity index (χ4v) is 3.56. The Labute approximate surface area is 257 Å².